The predicted octanol–water partition coefficient (Wildman–Crippen LogP) is 2.38. The quantitative estimate of drug-likeness (QED) is 0.657. The fraction of sp³-hybridized carbons (Fsp3) is 0. The number of aromatic nitrogens is 2. The largest absolute Gasteiger partial charge is 0.505 e. The second-order valence-corrected chi connectivity index (χ2v) is 6.69. The molecular formula is C16H13FN4O3S. The van der Waals surface area contributed by atoms with Gasteiger partial charge in [0.2, 0.25) is 16.0 Å². The first-order valence-electron chi connectivity index (χ1n) is 7.05. The van der Waals surface area contributed by atoms with Gasteiger partial charge in [0.1, 0.15) is 0 Å². The number of phenolic OH excluding ortho intramolecular Hbond substituents is 1. The number of nitrogens with one attached hydrogen (secondary N) is 1. The lowest BCUT2D eigenvalue weighted by Gasteiger charge is -2.08. The van der Waals surface area contributed by atoms with E-state index in [1.54, 1.807) is 12.1 Å². The minimum atomic E-state index is -3.82. The van der Waals surface area contributed by atoms with Crippen LogP contribution in [0.3, 0.4) is 0 Å². The SMILES string of the molecule is NS(=O)(=O)c1cccc(Nc2nccc(-c3ccc(O)c(F)c3)n2)c1. The van der Waals surface area contributed by atoms with Crippen molar-refractivity contribution in [3.05, 3.63) is 60.5 Å². The van der Waals surface area contributed by atoms with Crippen LogP contribution in [-0.4, -0.2) is 23.5 Å². The van der Waals surface area contributed by atoms with Crippen LogP contribution in [0.2, 0.25) is 0 Å². The summed E-state index contributed by atoms with van der Waals surface area (Å²) in [6, 6.07) is 11.4. The molecule has 0 aliphatic heterocycles. The van der Waals surface area contributed by atoms with Crippen molar-refractivity contribution in [1.82, 2.24) is 9.97 Å². The first-order valence-corrected chi connectivity index (χ1v) is 8.59. The van der Waals surface area contributed by atoms with E-state index in [2.05, 4.69) is 15.3 Å². The summed E-state index contributed by atoms with van der Waals surface area (Å²) in [4.78, 5) is 8.25. The van der Waals surface area contributed by atoms with Crippen LogP contribution in [0.4, 0.5) is 16.0 Å². The van der Waals surface area contributed by atoms with E-state index in [1.807, 2.05) is 0 Å². The van der Waals surface area contributed by atoms with Crippen molar-refractivity contribution in [2.24, 2.45) is 5.14 Å². The molecule has 0 aliphatic rings. The Balaban J connectivity index is 1.91. The van der Waals surface area contributed by atoms with Crippen LogP contribution in [0.25, 0.3) is 11.3 Å². The highest BCUT2D eigenvalue weighted by molar-refractivity contribution is 7.89. The summed E-state index contributed by atoms with van der Waals surface area (Å²) in [5.74, 6) is -1.01. The highest BCUT2D eigenvalue weighted by atomic mass is 32.2. The molecule has 0 amide bonds. The highest BCUT2D eigenvalue weighted by Gasteiger charge is 2.10. The molecule has 0 unspecified atom stereocenters. The summed E-state index contributed by atoms with van der Waals surface area (Å²) < 4.78 is 36.3. The summed E-state index contributed by atoms with van der Waals surface area (Å²) in [7, 11) is -3.82. The lowest BCUT2D eigenvalue weighted by atomic mass is 10.1. The van der Waals surface area contributed by atoms with Gasteiger partial charge in [-0.25, -0.2) is 27.9 Å². The third-order valence-electron chi connectivity index (χ3n) is 3.32. The zero-order valence-electron chi connectivity index (χ0n) is 12.7. The van der Waals surface area contributed by atoms with Gasteiger partial charge in [0.05, 0.1) is 10.6 Å². The fourth-order valence-electron chi connectivity index (χ4n) is 2.13. The minimum Gasteiger partial charge on any atom is -0.505 e. The fourth-order valence-corrected chi connectivity index (χ4v) is 2.69. The van der Waals surface area contributed by atoms with Gasteiger partial charge in [-0.2, -0.15) is 0 Å². The molecule has 0 fully saturated rings. The molecule has 128 valence electrons. The monoisotopic (exact) mass is 360 g/mol. The Morgan fingerprint density at radius 3 is 2.64 bits per heavy atom. The summed E-state index contributed by atoms with van der Waals surface area (Å²) >= 11 is 0. The van der Waals surface area contributed by atoms with Gasteiger partial charge in [-0.3, -0.25) is 0 Å². The average Bonchev–Trinajstić information content (AvgIpc) is 2.57. The van der Waals surface area contributed by atoms with Gasteiger partial charge in [-0.15, -0.1) is 0 Å². The average molecular weight is 360 g/mol. The molecule has 0 bridgehead atoms. The van der Waals surface area contributed by atoms with Gasteiger partial charge >= 0.3 is 0 Å². The van der Waals surface area contributed by atoms with Crippen molar-refractivity contribution in [3.8, 4) is 17.0 Å². The Morgan fingerprint density at radius 2 is 1.92 bits per heavy atom. The number of nitrogens with zero attached hydrogens (tertiary/aromatic N) is 2. The molecule has 7 nitrogen and oxygen atoms in total. The van der Waals surface area contributed by atoms with E-state index in [0.717, 1.165) is 6.07 Å². The van der Waals surface area contributed by atoms with Gasteiger partial charge < -0.3 is 10.4 Å². The molecule has 0 saturated carbocycles. The molecule has 2 aromatic carbocycles. The standard InChI is InChI=1S/C16H13FN4O3S/c17-13-8-10(4-5-15(13)22)14-6-7-19-16(21-14)20-11-2-1-3-12(9-11)25(18,23)24/h1-9,22H,(H2,18,23,24)(H,19,20,21). The maximum Gasteiger partial charge on any atom is 0.238 e. The van der Waals surface area contributed by atoms with E-state index in [0.29, 0.717) is 16.9 Å². The van der Waals surface area contributed by atoms with E-state index in [4.69, 9.17) is 5.14 Å². The van der Waals surface area contributed by atoms with Crippen molar-refractivity contribution >= 4 is 21.7 Å². The molecule has 0 atom stereocenters. The van der Waals surface area contributed by atoms with Gasteiger partial charge in [0.15, 0.2) is 11.6 Å². The van der Waals surface area contributed by atoms with Gasteiger partial charge in [0, 0.05) is 17.4 Å². The van der Waals surface area contributed by atoms with Crippen LogP contribution in [0.5, 0.6) is 5.75 Å². The number of sulfonamides is 1. The maximum atomic E-state index is 13.5. The van der Waals surface area contributed by atoms with Crippen molar-refractivity contribution in [1.29, 1.82) is 0 Å². The zero-order chi connectivity index (χ0) is 18.0. The molecule has 0 saturated heterocycles. The predicted molar refractivity (Wildman–Crippen MR) is 90.2 cm³/mol. The number of phenols is 1. The molecule has 3 aromatic rings. The molecule has 4 N–H and O–H groups in total. The first-order chi connectivity index (χ1) is 11.8. The smallest absolute Gasteiger partial charge is 0.238 e. The third-order valence-corrected chi connectivity index (χ3v) is 4.23. The Morgan fingerprint density at radius 1 is 1.12 bits per heavy atom. The van der Waals surface area contributed by atoms with Gasteiger partial charge in [0.25, 0.3) is 0 Å². The molecule has 0 radical (unpaired) electrons. The highest BCUT2D eigenvalue weighted by Crippen LogP contribution is 2.24. The Bertz CT molecular complexity index is 1040. The lowest BCUT2D eigenvalue weighted by molar-refractivity contribution is 0.432. The van der Waals surface area contributed by atoms with Crippen molar-refractivity contribution < 1.29 is 17.9 Å². The molecule has 3 rings (SSSR count). The lowest BCUT2D eigenvalue weighted by Crippen LogP contribution is -2.12. The number of hydrogen-bond acceptors (Lipinski definition) is 6. The van der Waals surface area contributed by atoms with Crippen LogP contribution in [0.1, 0.15) is 0 Å². The second kappa shape index (κ2) is 6.46. The van der Waals surface area contributed by atoms with E-state index >= 15 is 0 Å². The van der Waals surface area contributed by atoms with Crippen LogP contribution in [0.15, 0.2) is 59.6 Å². The number of primary sulfonamides is 1. The van der Waals surface area contributed by atoms with Crippen molar-refractivity contribution in [2.45, 2.75) is 4.90 Å². The Hall–Kier alpha value is -3.04. The van der Waals surface area contributed by atoms with Gasteiger partial charge in [-0.1, -0.05) is 6.07 Å². The Labute approximate surface area is 143 Å². The molecule has 25 heavy (non-hydrogen) atoms. The second-order valence-electron chi connectivity index (χ2n) is 5.13. The number of nitrogens with two attached hydrogens (primary N) is 1. The van der Waals surface area contributed by atoms with Crippen LogP contribution in [-0.2, 0) is 10.0 Å². The zero-order valence-corrected chi connectivity index (χ0v) is 13.5. The van der Waals surface area contributed by atoms with E-state index in [-0.39, 0.29) is 10.8 Å². The molecule has 1 aromatic heterocycles. The number of halogens is 1. The number of aromatic hydroxyl groups is 1. The maximum absolute atomic E-state index is 13.5. The summed E-state index contributed by atoms with van der Waals surface area (Å²) in [6.07, 6.45) is 1.47. The summed E-state index contributed by atoms with van der Waals surface area (Å²) in [6.45, 7) is 0. The number of anilines is 2. The molecule has 0 spiro atoms. The summed E-state index contributed by atoms with van der Waals surface area (Å²) in [5, 5.41) is 17.2. The van der Waals surface area contributed by atoms with Crippen LogP contribution in [0, 0.1) is 5.82 Å². The van der Waals surface area contributed by atoms with E-state index in [9.17, 15) is 17.9 Å². The van der Waals surface area contributed by atoms with Crippen molar-refractivity contribution in [3.63, 3.8) is 0 Å². The van der Waals surface area contributed by atoms with Crippen LogP contribution >= 0.6 is 0 Å². The third kappa shape index (κ3) is 3.90. The molecule has 1 heterocycles. The molecular weight excluding hydrogens is 347 g/mol. The first kappa shape index (κ1) is 16.8. The van der Waals surface area contributed by atoms with E-state index in [1.165, 1.54) is 36.5 Å². The van der Waals surface area contributed by atoms with Crippen LogP contribution < -0.4 is 10.5 Å². The van der Waals surface area contributed by atoms with E-state index < -0.39 is 21.6 Å². The molecule has 9 heteroatoms. The molecule has 0 aliphatic carbocycles. The number of rotatable bonds is 4. The summed E-state index contributed by atoms with van der Waals surface area (Å²) in [5.41, 5.74) is 1.32. The van der Waals surface area contributed by atoms with Gasteiger partial charge in [-0.05, 0) is 42.5 Å². The number of benzene rings is 2. The normalized spacial score (nSPS) is 11.3. The minimum absolute atomic E-state index is 0.0470. The topological polar surface area (TPSA) is 118 Å². The Kier molecular flexibility index (Phi) is 4.34. The van der Waals surface area contributed by atoms with Crippen molar-refractivity contribution in [2.75, 3.05) is 5.32 Å². The number of hydrogen-bond donors (Lipinski definition) is 3.